The van der Waals surface area contributed by atoms with Crippen LogP contribution < -0.4 is 16.2 Å². The number of thiocarbonyl (C=S) groups is 1. The molecule has 0 saturated carbocycles. The molecule has 0 saturated heterocycles. The third-order valence-corrected chi connectivity index (χ3v) is 2.66. The quantitative estimate of drug-likeness (QED) is 0.450. The highest BCUT2D eigenvalue weighted by Gasteiger charge is 1.98. The number of pyridine rings is 1. The Morgan fingerprint density at radius 2 is 1.95 bits per heavy atom. The predicted molar refractivity (Wildman–Crippen MR) is 83.9 cm³/mol. The molecule has 1 rings (SSSR count). The zero-order valence-corrected chi connectivity index (χ0v) is 12.4. The van der Waals surface area contributed by atoms with Gasteiger partial charge in [-0.25, -0.2) is 4.98 Å². The summed E-state index contributed by atoms with van der Waals surface area (Å²) in [5, 5.41) is 12.0. The van der Waals surface area contributed by atoms with Crippen molar-refractivity contribution >= 4 is 46.2 Å². The normalized spacial score (nSPS) is 12.0. The van der Waals surface area contributed by atoms with Crippen molar-refractivity contribution in [1.29, 1.82) is 0 Å². The van der Waals surface area contributed by atoms with Gasteiger partial charge in [-0.15, -0.1) is 0 Å². The molecule has 0 aromatic carbocycles. The minimum Gasteiger partial charge on any atom is -0.364 e. The maximum absolute atomic E-state index is 5.74. The summed E-state index contributed by atoms with van der Waals surface area (Å²) in [6, 6.07) is 3.47. The second-order valence-corrected chi connectivity index (χ2v) is 4.40. The Kier molecular flexibility index (Phi) is 6.17. The molecule has 0 aliphatic heterocycles. The van der Waals surface area contributed by atoms with Gasteiger partial charge in [0.1, 0.15) is 5.82 Å². The number of nitrogens with zero attached hydrogens (tertiary/aromatic N) is 3. The summed E-state index contributed by atoms with van der Waals surface area (Å²) in [7, 11) is 1.72. The fourth-order valence-corrected chi connectivity index (χ4v) is 1.09. The van der Waals surface area contributed by atoms with Crippen LogP contribution >= 0.6 is 23.8 Å². The van der Waals surface area contributed by atoms with Gasteiger partial charge in [-0.05, 0) is 38.2 Å². The van der Waals surface area contributed by atoms with E-state index in [9.17, 15) is 0 Å². The van der Waals surface area contributed by atoms with Crippen LogP contribution in [0.5, 0.6) is 0 Å². The lowest BCUT2D eigenvalue weighted by Crippen LogP contribution is -2.30. The largest absolute Gasteiger partial charge is 0.364 e. The molecule has 3 N–H and O–H groups in total. The topological polar surface area (TPSA) is 73.7 Å². The lowest BCUT2D eigenvalue weighted by atomic mass is 10.3. The van der Waals surface area contributed by atoms with E-state index in [-0.39, 0.29) is 0 Å². The lowest BCUT2D eigenvalue weighted by molar-refractivity contribution is 0.976. The van der Waals surface area contributed by atoms with Gasteiger partial charge in [-0.1, -0.05) is 11.6 Å². The van der Waals surface area contributed by atoms with Crippen LogP contribution in [0.4, 0.5) is 5.82 Å². The Bertz CT molecular complexity index is 496. The smallest absolute Gasteiger partial charge is 0.186 e. The van der Waals surface area contributed by atoms with Gasteiger partial charge in [0.15, 0.2) is 5.11 Å². The zero-order chi connectivity index (χ0) is 14.3. The van der Waals surface area contributed by atoms with Crippen LogP contribution in [0.1, 0.15) is 13.8 Å². The van der Waals surface area contributed by atoms with Gasteiger partial charge in [-0.2, -0.15) is 10.2 Å². The Hall–Kier alpha value is -1.73. The van der Waals surface area contributed by atoms with Crippen molar-refractivity contribution in [2.45, 2.75) is 13.8 Å². The van der Waals surface area contributed by atoms with Gasteiger partial charge in [0.25, 0.3) is 0 Å². The molecule has 1 heterocycles. The lowest BCUT2D eigenvalue weighted by Gasteiger charge is -2.04. The molecule has 1 aromatic rings. The van der Waals surface area contributed by atoms with E-state index in [1.165, 1.54) is 0 Å². The second kappa shape index (κ2) is 7.65. The van der Waals surface area contributed by atoms with E-state index in [1.807, 2.05) is 13.8 Å². The highest BCUT2D eigenvalue weighted by Crippen LogP contribution is 2.09. The molecular formula is C11H15ClN6S. The maximum Gasteiger partial charge on any atom is 0.186 e. The summed E-state index contributed by atoms with van der Waals surface area (Å²) in [4.78, 5) is 4.06. The zero-order valence-electron chi connectivity index (χ0n) is 10.9. The highest BCUT2D eigenvalue weighted by atomic mass is 35.5. The van der Waals surface area contributed by atoms with Crippen molar-refractivity contribution in [1.82, 2.24) is 15.7 Å². The van der Waals surface area contributed by atoms with Crippen molar-refractivity contribution in [2.24, 2.45) is 10.2 Å². The Labute approximate surface area is 122 Å². The van der Waals surface area contributed by atoms with Crippen molar-refractivity contribution in [2.75, 3.05) is 12.5 Å². The first-order valence-electron chi connectivity index (χ1n) is 5.47. The van der Waals surface area contributed by atoms with Crippen LogP contribution in [0.15, 0.2) is 28.5 Å². The number of aromatic nitrogens is 1. The number of hydrogen-bond donors (Lipinski definition) is 3. The third-order valence-electron chi connectivity index (χ3n) is 2.14. The molecule has 0 radical (unpaired) electrons. The molecule has 0 aliphatic rings. The van der Waals surface area contributed by atoms with Crippen molar-refractivity contribution in [3.05, 3.63) is 23.4 Å². The molecule has 8 heteroatoms. The molecule has 1 aromatic heterocycles. The minimum absolute atomic E-state index is 0.444. The molecule has 0 unspecified atom stereocenters. The summed E-state index contributed by atoms with van der Waals surface area (Å²) in [5.74, 6) is 0.607. The SMILES string of the molecule is CNC(=S)N/N=C(C)/C(C)=N/Nc1ccc(Cl)cn1. The number of halogens is 1. The summed E-state index contributed by atoms with van der Waals surface area (Å²) in [6.45, 7) is 3.65. The Morgan fingerprint density at radius 3 is 2.53 bits per heavy atom. The van der Waals surface area contributed by atoms with Gasteiger partial charge in [0.2, 0.25) is 0 Å². The van der Waals surface area contributed by atoms with Crippen LogP contribution in [-0.4, -0.2) is 28.6 Å². The van der Waals surface area contributed by atoms with E-state index in [0.29, 0.717) is 27.4 Å². The van der Waals surface area contributed by atoms with Gasteiger partial charge in [0.05, 0.1) is 16.4 Å². The van der Waals surface area contributed by atoms with E-state index in [1.54, 1.807) is 25.4 Å². The molecule has 0 aliphatic carbocycles. The fourth-order valence-electron chi connectivity index (χ4n) is 0.935. The third kappa shape index (κ3) is 5.62. The maximum atomic E-state index is 5.74. The van der Waals surface area contributed by atoms with E-state index in [4.69, 9.17) is 23.8 Å². The summed E-state index contributed by atoms with van der Waals surface area (Å²) in [5.41, 5.74) is 6.92. The monoisotopic (exact) mass is 298 g/mol. The van der Waals surface area contributed by atoms with Crippen molar-refractivity contribution < 1.29 is 0 Å². The van der Waals surface area contributed by atoms with E-state index in [2.05, 4.69) is 31.4 Å². The molecule has 0 atom stereocenters. The van der Waals surface area contributed by atoms with E-state index in [0.717, 1.165) is 0 Å². The number of rotatable bonds is 4. The van der Waals surface area contributed by atoms with E-state index < -0.39 is 0 Å². The van der Waals surface area contributed by atoms with Gasteiger partial charge >= 0.3 is 0 Å². The van der Waals surface area contributed by atoms with Gasteiger partial charge in [0, 0.05) is 13.2 Å². The first kappa shape index (κ1) is 15.3. The van der Waals surface area contributed by atoms with E-state index >= 15 is 0 Å². The van der Waals surface area contributed by atoms with Crippen LogP contribution in [0, 0.1) is 0 Å². The molecular weight excluding hydrogens is 284 g/mol. The molecule has 0 bridgehead atoms. The number of anilines is 1. The predicted octanol–water partition coefficient (Wildman–Crippen LogP) is 1.99. The highest BCUT2D eigenvalue weighted by molar-refractivity contribution is 7.80. The van der Waals surface area contributed by atoms with Gasteiger partial charge in [-0.3, -0.25) is 10.9 Å². The summed E-state index contributed by atoms with van der Waals surface area (Å²) in [6.07, 6.45) is 1.54. The molecule has 102 valence electrons. The minimum atomic E-state index is 0.444. The van der Waals surface area contributed by atoms with Crippen LogP contribution in [0.2, 0.25) is 5.02 Å². The number of hydrogen-bond acceptors (Lipinski definition) is 5. The summed E-state index contributed by atoms with van der Waals surface area (Å²) >= 11 is 10.6. The fraction of sp³-hybridized carbons (Fsp3) is 0.273. The van der Waals surface area contributed by atoms with Crippen LogP contribution in [0.3, 0.4) is 0 Å². The first-order chi connectivity index (χ1) is 9.02. The molecule has 6 nitrogen and oxygen atoms in total. The molecule has 0 fully saturated rings. The first-order valence-corrected chi connectivity index (χ1v) is 6.25. The summed E-state index contributed by atoms with van der Waals surface area (Å²) < 4.78 is 0. The molecule has 0 spiro atoms. The standard InChI is InChI=1S/C11H15ClN6S/c1-7(8(2)16-18-11(19)13-3)15-17-10-5-4-9(12)6-14-10/h4-6H,1-3H3,(H,14,17)(H2,13,18,19)/b15-7+,16-8+. The Balaban J connectivity index is 2.61. The average molecular weight is 299 g/mol. The van der Waals surface area contributed by atoms with Crippen LogP contribution in [0.25, 0.3) is 0 Å². The molecule has 0 amide bonds. The van der Waals surface area contributed by atoms with Crippen molar-refractivity contribution in [3.8, 4) is 0 Å². The van der Waals surface area contributed by atoms with Gasteiger partial charge < -0.3 is 5.32 Å². The van der Waals surface area contributed by atoms with Crippen LogP contribution in [-0.2, 0) is 0 Å². The average Bonchev–Trinajstić information content (AvgIpc) is 2.43. The molecule has 19 heavy (non-hydrogen) atoms. The van der Waals surface area contributed by atoms with Crippen molar-refractivity contribution in [3.63, 3.8) is 0 Å². The second-order valence-electron chi connectivity index (χ2n) is 3.56. The number of nitrogens with one attached hydrogen (secondary N) is 3. The Morgan fingerprint density at radius 1 is 1.26 bits per heavy atom. The number of hydrazone groups is 2.